The van der Waals surface area contributed by atoms with E-state index in [2.05, 4.69) is 15.5 Å². The molecule has 1 aromatic carbocycles. The van der Waals surface area contributed by atoms with Crippen LogP contribution in [-0.2, 0) is 0 Å². The van der Waals surface area contributed by atoms with Crippen LogP contribution in [0.2, 0.25) is 0 Å². The Hall–Kier alpha value is -2.30. The maximum absolute atomic E-state index is 5.75. The van der Waals surface area contributed by atoms with Crippen molar-refractivity contribution in [3.05, 3.63) is 41.8 Å². The van der Waals surface area contributed by atoms with Crippen molar-refractivity contribution in [1.29, 1.82) is 0 Å². The predicted molar refractivity (Wildman–Crippen MR) is 66.5 cm³/mol. The molecule has 17 heavy (non-hydrogen) atoms. The average molecular weight is 230 g/mol. The predicted octanol–water partition coefficient (Wildman–Crippen LogP) is 1.49. The average Bonchev–Trinajstić information content (AvgIpc) is 2.76. The number of hydrazone groups is 1. The van der Waals surface area contributed by atoms with Crippen LogP contribution >= 0.6 is 0 Å². The number of rotatable bonds is 3. The number of amidine groups is 1. The van der Waals surface area contributed by atoms with E-state index in [-0.39, 0.29) is 0 Å². The topological polar surface area (TPSA) is 76.4 Å². The number of nitrogens with two attached hydrogens (primary N) is 1. The largest absolute Gasteiger partial charge is 0.441 e. The zero-order valence-electron chi connectivity index (χ0n) is 9.77. The highest BCUT2D eigenvalue weighted by atomic mass is 16.4. The van der Waals surface area contributed by atoms with Gasteiger partial charge in [0, 0.05) is 18.2 Å². The van der Waals surface area contributed by atoms with Crippen molar-refractivity contribution in [2.24, 2.45) is 10.8 Å². The molecular formula is C12H14N4O. The maximum Gasteiger partial charge on any atom is 0.226 e. The van der Waals surface area contributed by atoms with E-state index < -0.39 is 0 Å². The van der Waals surface area contributed by atoms with E-state index in [9.17, 15) is 0 Å². The van der Waals surface area contributed by atoms with Crippen LogP contribution in [0.5, 0.6) is 0 Å². The zero-order valence-corrected chi connectivity index (χ0v) is 9.77. The zero-order chi connectivity index (χ0) is 12.3. The quantitative estimate of drug-likeness (QED) is 0.476. The molecule has 0 aliphatic carbocycles. The summed E-state index contributed by atoms with van der Waals surface area (Å²) in [5, 5.41) is 3.91. The highest BCUT2D eigenvalue weighted by Gasteiger charge is 2.05. The monoisotopic (exact) mass is 230 g/mol. The van der Waals surface area contributed by atoms with Crippen LogP contribution in [0.3, 0.4) is 0 Å². The minimum atomic E-state index is 0.447. The summed E-state index contributed by atoms with van der Waals surface area (Å²) in [6, 6.07) is 7.56. The number of hydrogen-bond acceptors (Lipinski definition) is 4. The molecule has 5 nitrogen and oxygen atoms in total. The fourth-order valence-electron chi connectivity index (χ4n) is 1.46. The summed E-state index contributed by atoms with van der Waals surface area (Å²) in [6.07, 6.45) is 1.69. The van der Waals surface area contributed by atoms with E-state index in [1.54, 1.807) is 13.2 Å². The third kappa shape index (κ3) is 2.44. The summed E-state index contributed by atoms with van der Waals surface area (Å²) in [4.78, 5) is 4.16. The first-order valence-corrected chi connectivity index (χ1v) is 5.24. The van der Waals surface area contributed by atoms with Gasteiger partial charge in [-0.3, -0.25) is 0 Å². The minimum absolute atomic E-state index is 0.447. The molecule has 0 aliphatic heterocycles. The fraction of sp³-hybridized carbons (Fsp3) is 0.167. The molecule has 1 aromatic heterocycles. The molecule has 0 unspecified atom stereocenters. The van der Waals surface area contributed by atoms with E-state index in [1.165, 1.54) is 0 Å². The van der Waals surface area contributed by atoms with Crippen LogP contribution < -0.4 is 11.2 Å². The normalized spacial score (nSPS) is 11.5. The van der Waals surface area contributed by atoms with Gasteiger partial charge in [0.1, 0.15) is 5.76 Å². The lowest BCUT2D eigenvalue weighted by Gasteiger charge is -2.01. The number of oxazole rings is 1. The Morgan fingerprint density at radius 1 is 1.35 bits per heavy atom. The van der Waals surface area contributed by atoms with Gasteiger partial charge in [-0.25, -0.2) is 4.98 Å². The van der Waals surface area contributed by atoms with Gasteiger partial charge in [-0.1, -0.05) is 12.1 Å². The molecule has 3 N–H and O–H groups in total. The van der Waals surface area contributed by atoms with Crippen molar-refractivity contribution in [3.8, 4) is 11.5 Å². The van der Waals surface area contributed by atoms with E-state index >= 15 is 0 Å². The maximum atomic E-state index is 5.75. The Bertz CT molecular complexity index is 528. The van der Waals surface area contributed by atoms with E-state index in [1.807, 2.05) is 31.2 Å². The van der Waals surface area contributed by atoms with Gasteiger partial charge in [0.2, 0.25) is 5.89 Å². The lowest BCUT2D eigenvalue weighted by Crippen LogP contribution is -2.16. The van der Waals surface area contributed by atoms with Gasteiger partial charge in [-0.2, -0.15) is 5.10 Å². The van der Waals surface area contributed by atoms with Gasteiger partial charge < -0.3 is 15.6 Å². The summed E-state index contributed by atoms with van der Waals surface area (Å²) in [5.41, 5.74) is 10.2. The van der Waals surface area contributed by atoms with Crippen molar-refractivity contribution in [2.75, 3.05) is 7.05 Å². The molecule has 0 saturated carbocycles. The number of benzene rings is 1. The second-order valence-electron chi connectivity index (χ2n) is 3.57. The number of aryl methyl sites for hydroxylation is 1. The Morgan fingerprint density at radius 2 is 2.06 bits per heavy atom. The first-order valence-electron chi connectivity index (χ1n) is 5.24. The molecule has 1 heterocycles. The molecule has 0 radical (unpaired) electrons. The molecular weight excluding hydrogens is 216 g/mol. The molecule has 0 bridgehead atoms. The number of aromatic nitrogens is 1. The number of nitrogens with zero attached hydrogens (tertiary/aromatic N) is 2. The molecule has 0 spiro atoms. The smallest absolute Gasteiger partial charge is 0.226 e. The van der Waals surface area contributed by atoms with Gasteiger partial charge in [-0.15, -0.1) is 0 Å². The first kappa shape index (κ1) is 11.2. The summed E-state index contributed by atoms with van der Waals surface area (Å²) in [6.45, 7) is 1.86. The Labute approximate surface area is 99.4 Å². The fourth-order valence-corrected chi connectivity index (χ4v) is 1.46. The van der Waals surface area contributed by atoms with Crippen molar-refractivity contribution >= 4 is 5.84 Å². The molecule has 88 valence electrons. The molecule has 2 aromatic rings. The third-order valence-corrected chi connectivity index (χ3v) is 2.28. The molecule has 0 fully saturated rings. The Kier molecular flexibility index (Phi) is 3.09. The van der Waals surface area contributed by atoms with Crippen molar-refractivity contribution < 1.29 is 4.42 Å². The molecule has 0 atom stereocenters. The summed E-state index contributed by atoms with van der Waals surface area (Å²) in [5.74, 6) is 1.85. The van der Waals surface area contributed by atoms with Gasteiger partial charge >= 0.3 is 0 Å². The summed E-state index contributed by atoms with van der Waals surface area (Å²) < 4.78 is 5.43. The van der Waals surface area contributed by atoms with Crippen LogP contribution in [0.25, 0.3) is 11.5 Å². The molecule has 5 heteroatoms. The molecule has 0 amide bonds. The van der Waals surface area contributed by atoms with Crippen LogP contribution in [0.4, 0.5) is 0 Å². The second kappa shape index (κ2) is 4.69. The van der Waals surface area contributed by atoms with Gasteiger partial charge in [0.25, 0.3) is 0 Å². The molecule has 0 saturated heterocycles. The van der Waals surface area contributed by atoms with Crippen molar-refractivity contribution in [3.63, 3.8) is 0 Å². The SMILES string of the molecule is CN/N=C(/N)c1ccc(-c2ncc(C)o2)cc1. The standard InChI is InChI=1S/C12H14N4O/c1-8-7-15-12(17-8)10-5-3-9(4-6-10)11(13)16-14-2/h3-7,14H,1-2H3,(H2,13,16). The van der Waals surface area contributed by atoms with Crippen LogP contribution in [0, 0.1) is 6.92 Å². The Balaban J connectivity index is 2.27. The van der Waals surface area contributed by atoms with Gasteiger partial charge in [-0.05, 0) is 19.1 Å². The molecule has 0 aliphatic rings. The lowest BCUT2D eigenvalue weighted by atomic mass is 10.1. The van der Waals surface area contributed by atoms with Crippen molar-refractivity contribution in [2.45, 2.75) is 6.92 Å². The molecule has 2 rings (SSSR count). The summed E-state index contributed by atoms with van der Waals surface area (Å²) in [7, 11) is 1.71. The highest BCUT2D eigenvalue weighted by Crippen LogP contribution is 2.19. The Morgan fingerprint density at radius 3 is 2.59 bits per heavy atom. The number of nitrogens with one attached hydrogen (secondary N) is 1. The number of hydrogen-bond donors (Lipinski definition) is 2. The summed E-state index contributed by atoms with van der Waals surface area (Å²) >= 11 is 0. The first-order chi connectivity index (χ1) is 8.20. The third-order valence-electron chi connectivity index (χ3n) is 2.28. The van der Waals surface area contributed by atoms with Gasteiger partial charge in [0.15, 0.2) is 5.84 Å². The minimum Gasteiger partial charge on any atom is -0.441 e. The lowest BCUT2D eigenvalue weighted by molar-refractivity contribution is 0.542. The van der Waals surface area contributed by atoms with Crippen LogP contribution in [0.1, 0.15) is 11.3 Å². The van der Waals surface area contributed by atoms with E-state index in [0.29, 0.717) is 11.7 Å². The van der Waals surface area contributed by atoms with Gasteiger partial charge in [0.05, 0.1) is 6.20 Å². The highest BCUT2D eigenvalue weighted by molar-refractivity contribution is 5.97. The van der Waals surface area contributed by atoms with E-state index in [0.717, 1.165) is 16.9 Å². The second-order valence-corrected chi connectivity index (χ2v) is 3.57. The van der Waals surface area contributed by atoms with Crippen molar-refractivity contribution in [1.82, 2.24) is 10.4 Å². The van der Waals surface area contributed by atoms with Crippen LogP contribution in [-0.4, -0.2) is 17.9 Å². The van der Waals surface area contributed by atoms with E-state index in [4.69, 9.17) is 10.2 Å². The van der Waals surface area contributed by atoms with Crippen LogP contribution in [0.15, 0.2) is 40.0 Å².